The Kier molecular flexibility index (Phi) is 8.96. The number of aliphatic hydroxyl groups excluding tert-OH is 1. The SMILES string of the molecule is CCOC1CC(=O)NCC1c1ccc(CC(=O)Nc2ccc(CC(C)(C)CO)c(C(F)(F)F)c2)cc1F. The minimum atomic E-state index is -4.64. The molecule has 2 unspecified atom stereocenters. The summed E-state index contributed by atoms with van der Waals surface area (Å²) >= 11 is 0. The third-order valence-electron chi connectivity index (χ3n) is 6.36. The molecule has 2 aromatic rings. The molecule has 1 aliphatic rings. The van der Waals surface area contributed by atoms with Crippen LogP contribution in [0.2, 0.25) is 0 Å². The molecule has 202 valence electrons. The van der Waals surface area contributed by atoms with E-state index in [0.29, 0.717) is 17.7 Å². The van der Waals surface area contributed by atoms with Crippen molar-refractivity contribution >= 4 is 17.5 Å². The summed E-state index contributed by atoms with van der Waals surface area (Å²) in [6, 6.07) is 7.89. The number of ether oxygens (including phenoxy) is 1. The molecular weight excluding hydrogens is 492 g/mol. The summed E-state index contributed by atoms with van der Waals surface area (Å²) in [5.74, 6) is -1.69. The lowest BCUT2D eigenvalue weighted by Gasteiger charge is -2.31. The van der Waals surface area contributed by atoms with Crippen LogP contribution in [0.1, 0.15) is 55.4 Å². The Morgan fingerprint density at radius 2 is 1.92 bits per heavy atom. The number of anilines is 1. The molecule has 1 heterocycles. The van der Waals surface area contributed by atoms with Crippen molar-refractivity contribution in [1.82, 2.24) is 5.32 Å². The summed E-state index contributed by atoms with van der Waals surface area (Å²) in [6.45, 7) is 5.45. The van der Waals surface area contributed by atoms with Crippen molar-refractivity contribution in [3.05, 3.63) is 64.5 Å². The van der Waals surface area contributed by atoms with Crippen LogP contribution >= 0.6 is 0 Å². The fraction of sp³-hybridized carbons (Fsp3) is 0.481. The summed E-state index contributed by atoms with van der Waals surface area (Å²) < 4.78 is 61.6. The first-order valence-corrected chi connectivity index (χ1v) is 12.1. The molecule has 3 N–H and O–H groups in total. The first-order valence-electron chi connectivity index (χ1n) is 12.1. The predicted molar refractivity (Wildman–Crippen MR) is 131 cm³/mol. The van der Waals surface area contributed by atoms with Gasteiger partial charge in [0.15, 0.2) is 0 Å². The molecule has 2 amide bonds. The van der Waals surface area contributed by atoms with Crippen LogP contribution in [0.4, 0.5) is 23.2 Å². The van der Waals surface area contributed by atoms with Crippen LogP contribution in [0, 0.1) is 11.2 Å². The summed E-state index contributed by atoms with van der Waals surface area (Å²) in [5, 5.41) is 14.6. The molecule has 0 spiro atoms. The van der Waals surface area contributed by atoms with E-state index >= 15 is 0 Å². The minimum absolute atomic E-state index is 0.00697. The van der Waals surface area contributed by atoms with E-state index in [1.54, 1.807) is 32.9 Å². The number of nitrogens with one attached hydrogen (secondary N) is 2. The molecular formula is C27H32F4N2O4. The summed E-state index contributed by atoms with van der Waals surface area (Å²) in [4.78, 5) is 24.3. The number of alkyl halides is 3. The van der Waals surface area contributed by atoms with Crippen LogP contribution in [0.5, 0.6) is 0 Å². The molecule has 1 fully saturated rings. The minimum Gasteiger partial charge on any atom is -0.396 e. The van der Waals surface area contributed by atoms with Crippen LogP contribution in [-0.4, -0.2) is 42.8 Å². The van der Waals surface area contributed by atoms with Crippen molar-refractivity contribution in [2.45, 2.75) is 58.2 Å². The molecule has 37 heavy (non-hydrogen) atoms. The number of carbonyl (C=O) groups is 2. The molecule has 2 atom stereocenters. The van der Waals surface area contributed by atoms with E-state index in [2.05, 4.69) is 10.6 Å². The van der Waals surface area contributed by atoms with Gasteiger partial charge in [0, 0.05) is 31.4 Å². The van der Waals surface area contributed by atoms with Gasteiger partial charge in [-0.05, 0) is 53.6 Å². The molecule has 0 aliphatic carbocycles. The standard InChI is InChI=1S/C27H32F4N2O4/c1-4-37-23-12-24(35)32-14-20(23)19-8-5-16(9-22(19)28)10-25(36)33-18-7-6-17(13-26(2,3)15-34)21(11-18)27(29,30)31/h5-9,11,20,23,34H,4,10,12-15H2,1-3H3,(H,32,35)(H,33,36). The van der Waals surface area contributed by atoms with E-state index in [9.17, 15) is 32.3 Å². The van der Waals surface area contributed by atoms with Crippen LogP contribution in [-0.2, 0) is 33.3 Å². The van der Waals surface area contributed by atoms with Gasteiger partial charge < -0.3 is 20.5 Å². The van der Waals surface area contributed by atoms with Gasteiger partial charge in [-0.25, -0.2) is 4.39 Å². The maximum atomic E-state index is 15.0. The number of piperidine rings is 1. The van der Waals surface area contributed by atoms with Crippen molar-refractivity contribution in [2.24, 2.45) is 5.41 Å². The molecule has 1 saturated heterocycles. The molecule has 10 heteroatoms. The van der Waals surface area contributed by atoms with Crippen molar-refractivity contribution in [1.29, 1.82) is 0 Å². The third kappa shape index (κ3) is 7.52. The van der Waals surface area contributed by atoms with Gasteiger partial charge in [-0.15, -0.1) is 0 Å². The Balaban J connectivity index is 1.73. The van der Waals surface area contributed by atoms with Gasteiger partial charge in [-0.1, -0.05) is 32.0 Å². The lowest BCUT2D eigenvalue weighted by atomic mass is 9.84. The van der Waals surface area contributed by atoms with Crippen LogP contribution in [0.25, 0.3) is 0 Å². The fourth-order valence-corrected chi connectivity index (χ4v) is 4.47. The molecule has 0 radical (unpaired) electrons. The molecule has 0 aromatic heterocycles. The van der Waals surface area contributed by atoms with E-state index in [4.69, 9.17) is 4.74 Å². The number of rotatable bonds is 9. The summed E-state index contributed by atoms with van der Waals surface area (Å²) in [6.07, 6.45) is -5.21. The Hall–Kier alpha value is -2.98. The van der Waals surface area contributed by atoms with E-state index in [1.807, 2.05) is 0 Å². The average Bonchev–Trinajstić information content (AvgIpc) is 2.80. The van der Waals surface area contributed by atoms with Crippen molar-refractivity contribution < 1.29 is 37.0 Å². The molecule has 1 aliphatic heterocycles. The number of benzene rings is 2. The maximum absolute atomic E-state index is 15.0. The van der Waals surface area contributed by atoms with Gasteiger partial charge >= 0.3 is 6.18 Å². The van der Waals surface area contributed by atoms with Crippen LogP contribution in [0.15, 0.2) is 36.4 Å². The lowest BCUT2D eigenvalue weighted by molar-refractivity contribution is -0.138. The number of amides is 2. The highest BCUT2D eigenvalue weighted by Gasteiger charge is 2.35. The predicted octanol–water partition coefficient (Wildman–Crippen LogP) is 4.60. The number of aliphatic hydroxyl groups is 1. The summed E-state index contributed by atoms with van der Waals surface area (Å²) in [5.41, 5.74) is -0.926. The Labute approximate surface area is 213 Å². The van der Waals surface area contributed by atoms with Gasteiger partial charge in [0.2, 0.25) is 11.8 Å². The Bertz CT molecular complexity index is 1130. The molecule has 3 rings (SSSR count). The second kappa shape index (κ2) is 11.6. The van der Waals surface area contributed by atoms with E-state index in [1.165, 1.54) is 18.2 Å². The zero-order valence-electron chi connectivity index (χ0n) is 21.0. The van der Waals surface area contributed by atoms with Gasteiger partial charge in [0.25, 0.3) is 0 Å². The average molecular weight is 525 g/mol. The normalized spacial score (nSPS) is 18.4. The third-order valence-corrected chi connectivity index (χ3v) is 6.36. The zero-order chi connectivity index (χ0) is 27.4. The highest BCUT2D eigenvalue weighted by Crippen LogP contribution is 2.36. The number of hydrogen-bond acceptors (Lipinski definition) is 4. The van der Waals surface area contributed by atoms with Crippen molar-refractivity contribution in [2.75, 3.05) is 25.1 Å². The first-order chi connectivity index (χ1) is 17.3. The van der Waals surface area contributed by atoms with E-state index in [0.717, 1.165) is 6.07 Å². The monoisotopic (exact) mass is 524 g/mol. The van der Waals surface area contributed by atoms with Crippen LogP contribution in [0.3, 0.4) is 0 Å². The fourth-order valence-electron chi connectivity index (χ4n) is 4.47. The Morgan fingerprint density at radius 3 is 2.54 bits per heavy atom. The molecule has 6 nitrogen and oxygen atoms in total. The van der Waals surface area contributed by atoms with Gasteiger partial charge in [-0.3, -0.25) is 9.59 Å². The van der Waals surface area contributed by atoms with E-state index < -0.39 is 35.0 Å². The zero-order valence-corrected chi connectivity index (χ0v) is 21.0. The first kappa shape index (κ1) is 28.6. The lowest BCUT2D eigenvalue weighted by Crippen LogP contribution is -2.43. The topological polar surface area (TPSA) is 87.7 Å². The highest BCUT2D eigenvalue weighted by molar-refractivity contribution is 5.92. The van der Waals surface area contributed by atoms with E-state index in [-0.39, 0.29) is 55.5 Å². The molecule has 0 saturated carbocycles. The van der Waals surface area contributed by atoms with Crippen LogP contribution < -0.4 is 10.6 Å². The summed E-state index contributed by atoms with van der Waals surface area (Å²) in [7, 11) is 0. The van der Waals surface area contributed by atoms with Gasteiger partial charge in [0.1, 0.15) is 5.82 Å². The number of halogens is 4. The second-order valence-corrected chi connectivity index (χ2v) is 10.1. The maximum Gasteiger partial charge on any atom is 0.416 e. The molecule has 0 bridgehead atoms. The number of carbonyl (C=O) groups excluding carboxylic acids is 2. The van der Waals surface area contributed by atoms with Crippen molar-refractivity contribution in [3.8, 4) is 0 Å². The van der Waals surface area contributed by atoms with Crippen molar-refractivity contribution in [3.63, 3.8) is 0 Å². The largest absolute Gasteiger partial charge is 0.416 e. The number of hydrogen-bond donors (Lipinski definition) is 3. The smallest absolute Gasteiger partial charge is 0.396 e. The Morgan fingerprint density at radius 1 is 1.19 bits per heavy atom. The second-order valence-electron chi connectivity index (χ2n) is 10.1. The van der Waals surface area contributed by atoms with Gasteiger partial charge in [0.05, 0.1) is 24.5 Å². The van der Waals surface area contributed by atoms with Gasteiger partial charge in [-0.2, -0.15) is 13.2 Å². The highest BCUT2D eigenvalue weighted by atomic mass is 19.4. The molecule has 2 aromatic carbocycles. The quantitative estimate of drug-likeness (QED) is 0.419.